The van der Waals surface area contributed by atoms with Crippen LogP contribution in [0.2, 0.25) is 0 Å². The maximum atomic E-state index is 9.12. The first-order valence-electron chi connectivity index (χ1n) is 3.62. The summed E-state index contributed by atoms with van der Waals surface area (Å²) in [5, 5.41) is 44.0. The first-order chi connectivity index (χ1) is 5.36. The number of aliphatic hydroxyl groups is 5. The molecule has 0 fully saturated rings. The van der Waals surface area contributed by atoms with Gasteiger partial charge in [-0.05, 0) is 12.8 Å². The van der Waals surface area contributed by atoms with E-state index in [9.17, 15) is 0 Å². The molecule has 0 aromatic rings. The second-order valence-corrected chi connectivity index (χ2v) is 3.00. The average Bonchev–Trinajstić information content (AvgIpc) is 2.34. The lowest BCUT2D eigenvalue weighted by Crippen LogP contribution is -2.58. The third-order valence-electron chi connectivity index (χ3n) is 2.07. The van der Waals surface area contributed by atoms with Gasteiger partial charge in [0.2, 0.25) is 0 Å². The van der Waals surface area contributed by atoms with E-state index in [1.54, 1.807) is 12.2 Å². The molecule has 12 heavy (non-hydrogen) atoms. The summed E-state index contributed by atoms with van der Waals surface area (Å²) in [4.78, 5) is 0. The number of allylic oxidation sites excluding steroid dienone is 2. The summed E-state index contributed by atoms with van der Waals surface area (Å²) in [6.07, 6.45) is 3.96. The Labute approximate surface area is 69.2 Å². The van der Waals surface area contributed by atoms with Crippen LogP contribution >= 0.6 is 0 Å². The lowest BCUT2D eigenvalue weighted by molar-refractivity contribution is -0.459. The summed E-state index contributed by atoms with van der Waals surface area (Å²) < 4.78 is 0. The van der Waals surface area contributed by atoms with Crippen molar-refractivity contribution >= 4 is 0 Å². The molecule has 1 aliphatic carbocycles. The predicted octanol–water partition coefficient (Wildman–Crippen LogP) is -1.74. The first kappa shape index (κ1) is 9.63. The van der Waals surface area contributed by atoms with E-state index in [0.717, 1.165) is 0 Å². The number of hydrogen-bond donors (Lipinski definition) is 5. The fourth-order valence-corrected chi connectivity index (χ4v) is 1.22. The Kier molecular flexibility index (Phi) is 2.24. The van der Waals surface area contributed by atoms with Gasteiger partial charge in [0.05, 0.1) is 0 Å². The highest BCUT2D eigenvalue weighted by molar-refractivity contribution is 5.00. The maximum Gasteiger partial charge on any atom is 0.333 e. The third-order valence-corrected chi connectivity index (χ3v) is 2.07. The summed E-state index contributed by atoms with van der Waals surface area (Å²) in [7, 11) is 0. The minimum atomic E-state index is -3.47. The van der Waals surface area contributed by atoms with Crippen LogP contribution in [0.15, 0.2) is 12.2 Å². The Morgan fingerprint density at radius 1 is 0.917 bits per heavy atom. The van der Waals surface area contributed by atoms with E-state index >= 15 is 0 Å². The first-order valence-corrected chi connectivity index (χ1v) is 3.62. The van der Waals surface area contributed by atoms with Crippen LogP contribution in [0.3, 0.4) is 0 Å². The fourth-order valence-electron chi connectivity index (χ4n) is 1.22. The molecule has 70 valence electrons. The molecule has 0 aliphatic heterocycles. The van der Waals surface area contributed by atoms with Crippen molar-refractivity contribution < 1.29 is 25.5 Å². The van der Waals surface area contributed by atoms with E-state index in [-0.39, 0.29) is 0 Å². The van der Waals surface area contributed by atoms with Crippen LogP contribution in [-0.4, -0.2) is 37.3 Å². The molecule has 0 aromatic heterocycles. The lowest BCUT2D eigenvalue weighted by Gasteiger charge is -2.34. The zero-order valence-electron chi connectivity index (χ0n) is 6.38. The molecule has 5 nitrogen and oxygen atoms in total. The van der Waals surface area contributed by atoms with Gasteiger partial charge in [0, 0.05) is 5.92 Å². The Bertz CT molecular complexity index is 182. The van der Waals surface area contributed by atoms with Crippen molar-refractivity contribution in [2.45, 2.75) is 24.6 Å². The van der Waals surface area contributed by atoms with Crippen molar-refractivity contribution in [3.05, 3.63) is 12.2 Å². The van der Waals surface area contributed by atoms with E-state index < -0.39 is 17.7 Å². The molecule has 0 saturated heterocycles. The van der Waals surface area contributed by atoms with E-state index in [2.05, 4.69) is 0 Å². The minimum absolute atomic E-state index is 0.302. The second kappa shape index (κ2) is 2.79. The molecule has 0 bridgehead atoms. The zero-order valence-corrected chi connectivity index (χ0v) is 6.38. The van der Waals surface area contributed by atoms with Gasteiger partial charge in [0.25, 0.3) is 5.79 Å². The maximum absolute atomic E-state index is 9.12. The van der Waals surface area contributed by atoms with E-state index in [1.807, 2.05) is 0 Å². The molecule has 0 atom stereocenters. The number of rotatable bonds is 2. The van der Waals surface area contributed by atoms with Crippen LogP contribution in [0.5, 0.6) is 0 Å². The SMILES string of the molecule is OC(O)(O)C(O)(O)C1CC=CC1. The average molecular weight is 176 g/mol. The van der Waals surface area contributed by atoms with Gasteiger partial charge in [0.15, 0.2) is 0 Å². The number of hydrogen-bond acceptors (Lipinski definition) is 5. The third kappa shape index (κ3) is 1.50. The van der Waals surface area contributed by atoms with Gasteiger partial charge in [-0.3, -0.25) is 0 Å². The van der Waals surface area contributed by atoms with Crippen molar-refractivity contribution in [1.29, 1.82) is 0 Å². The molecule has 5 N–H and O–H groups in total. The standard InChI is InChI=1S/C7H12O5/c8-6(9,7(10,11)12)5-3-1-2-4-5/h1-2,5,8-12H,3-4H2. The van der Waals surface area contributed by atoms with Crippen LogP contribution in [-0.2, 0) is 0 Å². The second-order valence-electron chi connectivity index (χ2n) is 3.00. The molecule has 5 heteroatoms. The highest BCUT2D eigenvalue weighted by Gasteiger charge is 2.52. The molecule has 0 aromatic carbocycles. The van der Waals surface area contributed by atoms with Gasteiger partial charge in [-0.25, -0.2) is 0 Å². The molecule has 0 saturated carbocycles. The molecular weight excluding hydrogens is 164 g/mol. The summed E-state index contributed by atoms with van der Waals surface area (Å²) >= 11 is 0. The summed E-state index contributed by atoms with van der Waals surface area (Å²) in [6.45, 7) is 0. The largest absolute Gasteiger partial charge is 0.359 e. The van der Waals surface area contributed by atoms with Crippen molar-refractivity contribution in [2.24, 2.45) is 5.92 Å². The van der Waals surface area contributed by atoms with Gasteiger partial charge in [-0.2, -0.15) is 0 Å². The molecule has 0 heterocycles. The molecule has 0 radical (unpaired) electrons. The van der Waals surface area contributed by atoms with Crippen LogP contribution in [0.1, 0.15) is 12.8 Å². The normalized spacial score (nSPS) is 20.4. The highest BCUT2D eigenvalue weighted by atomic mass is 16.7. The monoisotopic (exact) mass is 176 g/mol. The zero-order chi connectivity index (χ0) is 9.41. The van der Waals surface area contributed by atoms with E-state index in [0.29, 0.717) is 12.8 Å². The summed E-state index contributed by atoms with van der Waals surface area (Å²) in [5.74, 6) is -7.13. The Morgan fingerprint density at radius 3 is 1.67 bits per heavy atom. The predicted molar refractivity (Wildman–Crippen MR) is 38.4 cm³/mol. The molecule has 0 amide bonds. The molecular formula is C7H12O5. The lowest BCUT2D eigenvalue weighted by atomic mass is 9.94. The Hall–Kier alpha value is -0.460. The molecule has 1 aliphatic rings. The van der Waals surface area contributed by atoms with Crippen molar-refractivity contribution in [3.63, 3.8) is 0 Å². The van der Waals surface area contributed by atoms with Crippen LogP contribution in [0.25, 0.3) is 0 Å². The quantitative estimate of drug-likeness (QED) is 0.254. The van der Waals surface area contributed by atoms with E-state index in [1.165, 1.54) is 0 Å². The molecule has 1 rings (SSSR count). The van der Waals surface area contributed by atoms with Gasteiger partial charge in [-0.15, -0.1) is 0 Å². The van der Waals surface area contributed by atoms with Gasteiger partial charge >= 0.3 is 5.97 Å². The van der Waals surface area contributed by atoms with Gasteiger partial charge < -0.3 is 25.5 Å². The molecule has 0 spiro atoms. The summed E-state index contributed by atoms with van der Waals surface area (Å²) in [5.41, 5.74) is 0. The van der Waals surface area contributed by atoms with Crippen molar-refractivity contribution in [2.75, 3.05) is 0 Å². The fraction of sp³-hybridized carbons (Fsp3) is 0.714. The highest BCUT2D eigenvalue weighted by Crippen LogP contribution is 2.32. The van der Waals surface area contributed by atoms with Crippen LogP contribution in [0.4, 0.5) is 0 Å². The topological polar surface area (TPSA) is 101 Å². The smallest absolute Gasteiger partial charge is 0.333 e. The van der Waals surface area contributed by atoms with E-state index in [4.69, 9.17) is 25.5 Å². The van der Waals surface area contributed by atoms with Crippen LogP contribution < -0.4 is 0 Å². The Balaban J connectivity index is 2.71. The minimum Gasteiger partial charge on any atom is -0.359 e. The summed E-state index contributed by atoms with van der Waals surface area (Å²) in [6, 6.07) is 0. The molecule has 0 unspecified atom stereocenters. The van der Waals surface area contributed by atoms with Crippen molar-refractivity contribution in [3.8, 4) is 0 Å². The van der Waals surface area contributed by atoms with Crippen LogP contribution in [0, 0.1) is 5.92 Å². The van der Waals surface area contributed by atoms with Gasteiger partial charge in [0.1, 0.15) is 0 Å². The van der Waals surface area contributed by atoms with Gasteiger partial charge in [-0.1, -0.05) is 12.2 Å². The Morgan fingerprint density at radius 2 is 1.33 bits per heavy atom. The van der Waals surface area contributed by atoms with Crippen molar-refractivity contribution in [1.82, 2.24) is 0 Å².